The molecule has 3 aromatic carbocycles. The number of benzene rings is 3. The molecule has 36 heavy (non-hydrogen) atoms. The normalized spacial score (nSPS) is 12.1. The van der Waals surface area contributed by atoms with Gasteiger partial charge in [-0.2, -0.15) is 0 Å². The Morgan fingerprint density at radius 1 is 1.08 bits per heavy atom. The minimum Gasteiger partial charge on any atom is -0.493 e. The quantitative estimate of drug-likeness (QED) is 0.196. The van der Waals surface area contributed by atoms with Gasteiger partial charge in [-0.1, -0.05) is 43.1 Å². The maximum absolute atomic E-state index is 13.5. The van der Waals surface area contributed by atoms with Gasteiger partial charge < -0.3 is 29.1 Å². The molecule has 0 spiro atoms. The molecule has 1 unspecified atom stereocenters. The fourth-order valence-corrected chi connectivity index (χ4v) is 4.10. The van der Waals surface area contributed by atoms with Gasteiger partial charge >= 0.3 is 0 Å². The summed E-state index contributed by atoms with van der Waals surface area (Å²) in [6.07, 6.45) is 1.43. The average molecular weight is 512 g/mol. The number of methoxy groups -OCH3 is 1. The molecule has 4 aromatic rings. The highest BCUT2D eigenvalue weighted by molar-refractivity contribution is 6.30. The molecule has 0 radical (unpaired) electrons. The number of ether oxygens (including phenoxy) is 3. The first-order chi connectivity index (χ1) is 17.5. The van der Waals surface area contributed by atoms with E-state index in [1.807, 2.05) is 12.1 Å². The molecule has 0 fully saturated rings. The predicted molar refractivity (Wildman–Crippen MR) is 142 cm³/mol. The van der Waals surface area contributed by atoms with Gasteiger partial charge in [0.25, 0.3) is 0 Å². The van der Waals surface area contributed by atoms with E-state index in [2.05, 4.69) is 12.2 Å². The summed E-state index contributed by atoms with van der Waals surface area (Å²) >= 11 is 6.11. The van der Waals surface area contributed by atoms with Gasteiger partial charge in [-0.25, -0.2) is 0 Å². The van der Waals surface area contributed by atoms with Gasteiger partial charge in [-0.15, -0.1) is 0 Å². The Morgan fingerprint density at radius 2 is 1.92 bits per heavy atom. The SMILES string of the molecule is CCCCNCC(O)COc1cc(OCc2cccc(Cl)c2)c2c(=O)c3cccc(OC)c3oc2c1. The van der Waals surface area contributed by atoms with Crippen molar-refractivity contribution in [3.05, 3.63) is 75.4 Å². The number of rotatable bonds is 12. The van der Waals surface area contributed by atoms with Crippen molar-refractivity contribution in [3.8, 4) is 17.2 Å². The topological polar surface area (TPSA) is 90.2 Å². The molecule has 0 aliphatic rings. The Morgan fingerprint density at radius 3 is 2.69 bits per heavy atom. The number of hydrogen-bond acceptors (Lipinski definition) is 7. The lowest BCUT2D eigenvalue weighted by atomic mass is 10.1. The Hall–Kier alpha value is -3.26. The zero-order valence-corrected chi connectivity index (χ0v) is 21.1. The standard InChI is InChI=1S/C28H30ClNO6/c1-3-4-11-30-15-20(31)17-34-21-13-24(35-16-18-7-5-8-19(29)12-18)26-25(14-21)36-28-22(27(26)32)9-6-10-23(28)33-2/h5-10,12-14,20,30-31H,3-4,11,15-17H2,1-2H3. The van der Waals surface area contributed by atoms with Gasteiger partial charge in [-0.05, 0) is 42.8 Å². The summed E-state index contributed by atoms with van der Waals surface area (Å²) < 4.78 is 23.5. The number of unbranched alkanes of at least 4 members (excludes halogenated alkanes) is 1. The van der Waals surface area contributed by atoms with E-state index in [1.165, 1.54) is 7.11 Å². The maximum Gasteiger partial charge on any atom is 0.204 e. The number of hydrogen-bond donors (Lipinski definition) is 2. The summed E-state index contributed by atoms with van der Waals surface area (Å²) in [5.74, 6) is 1.18. The molecule has 1 atom stereocenters. The van der Waals surface area contributed by atoms with Crippen LogP contribution >= 0.6 is 11.6 Å². The van der Waals surface area contributed by atoms with Crippen LogP contribution in [-0.2, 0) is 6.61 Å². The number of nitrogens with one attached hydrogen (secondary N) is 1. The summed E-state index contributed by atoms with van der Waals surface area (Å²) in [7, 11) is 1.52. The van der Waals surface area contributed by atoms with Crippen molar-refractivity contribution < 1.29 is 23.7 Å². The van der Waals surface area contributed by atoms with Crippen molar-refractivity contribution in [1.29, 1.82) is 0 Å². The number of para-hydroxylation sites is 1. The van der Waals surface area contributed by atoms with Crippen LogP contribution in [0.5, 0.6) is 17.2 Å². The van der Waals surface area contributed by atoms with Gasteiger partial charge in [0.1, 0.15) is 41.8 Å². The van der Waals surface area contributed by atoms with E-state index in [0.717, 1.165) is 24.9 Å². The smallest absolute Gasteiger partial charge is 0.204 e. The van der Waals surface area contributed by atoms with Gasteiger partial charge in [0.15, 0.2) is 11.3 Å². The van der Waals surface area contributed by atoms with Gasteiger partial charge in [0.2, 0.25) is 5.43 Å². The summed E-state index contributed by atoms with van der Waals surface area (Å²) in [4.78, 5) is 13.5. The summed E-state index contributed by atoms with van der Waals surface area (Å²) in [5.41, 5.74) is 1.25. The maximum atomic E-state index is 13.5. The van der Waals surface area contributed by atoms with Crippen LogP contribution < -0.4 is 25.0 Å². The molecule has 8 heteroatoms. The van der Waals surface area contributed by atoms with E-state index in [0.29, 0.717) is 50.8 Å². The second-order valence-electron chi connectivity index (χ2n) is 8.50. The molecule has 0 bridgehead atoms. The van der Waals surface area contributed by atoms with Crippen molar-refractivity contribution >= 4 is 33.5 Å². The Kier molecular flexibility index (Phi) is 8.70. The number of fused-ring (bicyclic) bond motifs is 2. The fraction of sp³-hybridized carbons (Fsp3) is 0.321. The molecular weight excluding hydrogens is 482 g/mol. The van der Waals surface area contributed by atoms with Crippen molar-refractivity contribution in [3.63, 3.8) is 0 Å². The van der Waals surface area contributed by atoms with E-state index in [4.69, 9.17) is 30.2 Å². The molecule has 2 N–H and O–H groups in total. The van der Waals surface area contributed by atoms with Crippen LogP contribution in [0.25, 0.3) is 21.9 Å². The number of aliphatic hydroxyl groups is 1. The first kappa shape index (κ1) is 25.8. The molecule has 1 aromatic heterocycles. The highest BCUT2D eigenvalue weighted by Gasteiger charge is 2.18. The van der Waals surface area contributed by atoms with E-state index in [-0.39, 0.29) is 18.6 Å². The number of aliphatic hydroxyl groups excluding tert-OH is 1. The van der Waals surface area contributed by atoms with Crippen LogP contribution in [0, 0.1) is 0 Å². The van der Waals surface area contributed by atoms with Crippen LogP contribution in [-0.4, -0.2) is 38.0 Å². The molecule has 7 nitrogen and oxygen atoms in total. The van der Waals surface area contributed by atoms with Crippen molar-refractivity contribution in [2.75, 3.05) is 26.8 Å². The molecule has 0 saturated carbocycles. The van der Waals surface area contributed by atoms with Crippen molar-refractivity contribution in [1.82, 2.24) is 5.32 Å². The summed E-state index contributed by atoms with van der Waals surface area (Å²) in [6.45, 7) is 3.63. The van der Waals surface area contributed by atoms with Gasteiger partial charge in [0.05, 0.1) is 12.5 Å². The number of halogens is 1. The van der Waals surface area contributed by atoms with Crippen LogP contribution in [0.1, 0.15) is 25.3 Å². The predicted octanol–water partition coefficient (Wildman–Crippen LogP) is 5.32. The largest absolute Gasteiger partial charge is 0.493 e. The van der Waals surface area contributed by atoms with Gasteiger partial charge in [-0.3, -0.25) is 4.79 Å². The van der Waals surface area contributed by atoms with Crippen LogP contribution in [0.4, 0.5) is 0 Å². The highest BCUT2D eigenvalue weighted by Crippen LogP contribution is 2.34. The molecule has 190 valence electrons. The lowest BCUT2D eigenvalue weighted by Gasteiger charge is -2.16. The molecule has 0 saturated heterocycles. The molecule has 0 aliphatic carbocycles. The highest BCUT2D eigenvalue weighted by atomic mass is 35.5. The van der Waals surface area contributed by atoms with Crippen molar-refractivity contribution in [2.24, 2.45) is 0 Å². The molecule has 0 amide bonds. The van der Waals surface area contributed by atoms with Crippen LogP contribution in [0.3, 0.4) is 0 Å². The minimum atomic E-state index is -0.697. The Bertz CT molecular complexity index is 1390. The van der Waals surface area contributed by atoms with E-state index < -0.39 is 6.10 Å². The van der Waals surface area contributed by atoms with E-state index >= 15 is 0 Å². The van der Waals surface area contributed by atoms with Gasteiger partial charge in [0, 0.05) is 23.7 Å². The molecule has 4 rings (SSSR count). The van der Waals surface area contributed by atoms with Crippen LogP contribution in [0.15, 0.2) is 63.8 Å². The Labute approximate surface area is 214 Å². The van der Waals surface area contributed by atoms with E-state index in [9.17, 15) is 9.90 Å². The lowest BCUT2D eigenvalue weighted by molar-refractivity contribution is 0.106. The second-order valence-corrected chi connectivity index (χ2v) is 8.94. The first-order valence-corrected chi connectivity index (χ1v) is 12.3. The fourth-order valence-electron chi connectivity index (χ4n) is 3.88. The second kappa shape index (κ2) is 12.1. The lowest BCUT2D eigenvalue weighted by Crippen LogP contribution is -2.31. The van der Waals surface area contributed by atoms with E-state index in [1.54, 1.807) is 42.5 Å². The average Bonchev–Trinajstić information content (AvgIpc) is 2.88. The zero-order valence-electron chi connectivity index (χ0n) is 20.4. The summed E-state index contributed by atoms with van der Waals surface area (Å²) in [5, 5.41) is 14.8. The monoisotopic (exact) mass is 511 g/mol. The first-order valence-electron chi connectivity index (χ1n) is 12.0. The minimum absolute atomic E-state index is 0.0689. The summed E-state index contributed by atoms with van der Waals surface area (Å²) in [6, 6.07) is 15.7. The van der Waals surface area contributed by atoms with Crippen LogP contribution in [0.2, 0.25) is 5.02 Å². The zero-order chi connectivity index (χ0) is 25.5. The molecule has 1 heterocycles. The Balaban J connectivity index is 1.68. The molecular formula is C28H30ClNO6. The third-order valence-corrected chi connectivity index (χ3v) is 5.97. The molecule has 0 aliphatic heterocycles. The van der Waals surface area contributed by atoms with Crippen molar-refractivity contribution in [2.45, 2.75) is 32.5 Å². The third kappa shape index (κ3) is 6.10. The third-order valence-electron chi connectivity index (χ3n) is 5.73.